The molecule has 1 N–H and O–H groups in total. The summed E-state index contributed by atoms with van der Waals surface area (Å²) in [7, 11) is 0. The van der Waals surface area contributed by atoms with Crippen molar-refractivity contribution in [3.8, 4) is 0 Å². The van der Waals surface area contributed by atoms with Gasteiger partial charge in [0.2, 0.25) is 0 Å². The molecule has 1 amide bonds. The van der Waals surface area contributed by atoms with Crippen LogP contribution in [-0.2, 0) is 0 Å². The van der Waals surface area contributed by atoms with E-state index in [0.717, 1.165) is 12.8 Å². The molecule has 3 rings (SSSR count). The first-order valence-corrected chi connectivity index (χ1v) is 7.85. The smallest absolute Gasteiger partial charge is 0.257 e. The largest absolute Gasteiger partial charge is 0.467 e. The van der Waals surface area contributed by atoms with E-state index in [1.54, 1.807) is 36.1 Å². The Morgan fingerprint density at radius 1 is 1.43 bits per heavy atom. The molecule has 1 aliphatic heterocycles. The molecule has 23 heavy (non-hydrogen) atoms. The number of aliphatic hydroxyl groups is 1. The van der Waals surface area contributed by atoms with Gasteiger partial charge in [-0.3, -0.25) is 4.79 Å². The van der Waals surface area contributed by atoms with E-state index in [1.807, 2.05) is 0 Å². The topological polar surface area (TPSA) is 53.7 Å². The molecule has 2 aromatic rings. The number of halogens is 1. The highest BCUT2D eigenvalue weighted by Gasteiger charge is 2.33. The van der Waals surface area contributed by atoms with Crippen LogP contribution >= 0.6 is 0 Å². The number of amides is 1. The highest BCUT2D eigenvalue weighted by molar-refractivity contribution is 5.95. The lowest BCUT2D eigenvalue weighted by Crippen LogP contribution is -2.37. The Balaban J connectivity index is 1.76. The van der Waals surface area contributed by atoms with Crippen LogP contribution in [0, 0.1) is 12.7 Å². The Hall–Kier alpha value is -2.14. The van der Waals surface area contributed by atoms with Gasteiger partial charge in [0.15, 0.2) is 0 Å². The van der Waals surface area contributed by atoms with Crippen molar-refractivity contribution in [1.29, 1.82) is 0 Å². The minimum Gasteiger partial charge on any atom is -0.467 e. The van der Waals surface area contributed by atoms with Crippen molar-refractivity contribution in [3.63, 3.8) is 0 Å². The fourth-order valence-electron chi connectivity index (χ4n) is 3.17. The third-order valence-corrected chi connectivity index (χ3v) is 4.43. The Labute approximate surface area is 134 Å². The van der Waals surface area contributed by atoms with Crippen LogP contribution in [0.1, 0.15) is 47.0 Å². The first kappa shape index (κ1) is 15.7. The SMILES string of the molecule is Cc1cccc(C(=O)N2CCCC2CC(O)c2ccco2)c1F. The van der Waals surface area contributed by atoms with E-state index in [4.69, 9.17) is 4.42 Å². The normalized spacial score (nSPS) is 19.1. The van der Waals surface area contributed by atoms with Crippen LogP contribution in [0.4, 0.5) is 4.39 Å². The fraction of sp³-hybridized carbons (Fsp3) is 0.389. The molecule has 1 aliphatic rings. The van der Waals surface area contributed by atoms with Gasteiger partial charge in [0.05, 0.1) is 11.8 Å². The second-order valence-electron chi connectivity index (χ2n) is 6.00. The van der Waals surface area contributed by atoms with Gasteiger partial charge in [-0.05, 0) is 43.5 Å². The molecular formula is C18H20FNO3. The minimum atomic E-state index is -0.759. The number of nitrogens with zero attached hydrogens (tertiary/aromatic N) is 1. The monoisotopic (exact) mass is 317 g/mol. The third kappa shape index (κ3) is 3.15. The molecule has 0 bridgehead atoms. The number of aliphatic hydroxyl groups excluding tert-OH is 1. The fourth-order valence-corrected chi connectivity index (χ4v) is 3.17. The molecule has 2 unspecified atom stereocenters. The van der Waals surface area contributed by atoms with Gasteiger partial charge in [0, 0.05) is 19.0 Å². The second-order valence-corrected chi connectivity index (χ2v) is 6.00. The zero-order valence-electron chi connectivity index (χ0n) is 13.0. The predicted octanol–water partition coefficient (Wildman–Crippen LogP) is 3.46. The van der Waals surface area contributed by atoms with Crippen molar-refractivity contribution in [1.82, 2.24) is 4.90 Å². The number of hydrogen-bond donors (Lipinski definition) is 1. The Bertz CT molecular complexity index is 684. The summed E-state index contributed by atoms with van der Waals surface area (Å²) in [5.41, 5.74) is 0.562. The van der Waals surface area contributed by atoms with Crippen molar-refractivity contribution in [2.45, 2.75) is 38.3 Å². The number of carbonyl (C=O) groups excluding carboxylic acids is 1. The summed E-state index contributed by atoms with van der Waals surface area (Å²) in [6.45, 7) is 2.23. The zero-order chi connectivity index (χ0) is 16.4. The summed E-state index contributed by atoms with van der Waals surface area (Å²) < 4.78 is 19.4. The molecule has 0 radical (unpaired) electrons. The lowest BCUT2D eigenvalue weighted by atomic mass is 10.0. The number of hydrogen-bond acceptors (Lipinski definition) is 3. The first-order chi connectivity index (χ1) is 11.1. The van der Waals surface area contributed by atoms with Gasteiger partial charge < -0.3 is 14.4 Å². The van der Waals surface area contributed by atoms with Gasteiger partial charge in [0.1, 0.15) is 17.7 Å². The quantitative estimate of drug-likeness (QED) is 0.939. The molecule has 1 saturated heterocycles. The number of benzene rings is 1. The Kier molecular flexibility index (Phi) is 4.48. The highest BCUT2D eigenvalue weighted by atomic mass is 19.1. The zero-order valence-corrected chi connectivity index (χ0v) is 13.0. The van der Waals surface area contributed by atoms with Crippen molar-refractivity contribution in [2.75, 3.05) is 6.54 Å². The van der Waals surface area contributed by atoms with Crippen molar-refractivity contribution >= 4 is 5.91 Å². The van der Waals surface area contributed by atoms with Crippen LogP contribution in [0.25, 0.3) is 0 Å². The number of furan rings is 1. The summed E-state index contributed by atoms with van der Waals surface area (Å²) in [6.07, 6.45) is 2.81. The highest BCUT2D eigenvalue weighted by Crippen LogP contribution is 2.29. The molecule has 1 fully saturated rings. The predicted molar refractivity (Wildman–Crippen MR) is 83.5 cm³/mol. The molecule has 0 saturated carbocycles. The number of aryl methyl sites for hydroxylation is 1. The maximum atomic E-state index is 14.2. The summed E-state index contributed by atoms with van der Waals surface area (Å²) in [5, 5.41) is 10.2. The van der Waals surface area contributed by atoms with Crippen molar-refractivity contribution in [2.24, 2.45) is 0 Å². The van der Waals surface area contributed by atoms with Gasteiger partial charge in [0.25, 0.3) is 5.91 Å². The maximum Gasteiger partial charge on any atom is 0.257 e. The van der Waals surface area contributed by atoms with Gasteiger partial charge in [-0.15, -0.1) is 0 Å². The lowest BCUT2D eigenvalue weighted by Gasteiger charge is -2.26. The molecule has 4 nitrogen and oxygen atoms in total. The first-order valence-electron chi connectivity index (χ1n) is 7.85. The molecule has 122 valence electrons. The Morgan fingerprint density at radius 2 is 2.26 bits per heavy atom. The molecular weight excluding hydrogens is 297 g/mol. The maximum absolute atomic E-state index is 14.2. The van der Waals surface area contributed by atoms with E-state index in [1.165, 1.54) is 12.3 Å². The van der Waals surface area contributed by atoms with Gasteiger partial charge in [-0.1, -0.05) is 12.1 Å². The molecule has 5 heteroatoms. The third-order valence-electron chi connectivity index (χ3n) is 4.43. The van der Waals surface area contributed by atoms with E-state index >= 15 is 0 Å². The standard InChI is InChI=1S/C18H20FNO3/c1-12-5-2-7-14(17(12)19)18(22)20-9-3-6-13(20)11-15(21)16-8-4-10-23-16/h2,4-5,7-8,10,13,15,21H,3,6,9,11H2,1H3. The second kappa shape index (κ2) is 6.54. The Morgan fingerprint density at radius 3 is 3.00 bits per heavy atom. The number of rotatable bonds is 4. The van der Waals surface area contributed by atoms with Crippen LogP contribution in [0.2, 0.25) is 0 Å². The van der Waals surface area contributed by atoms with Crippen LogP contribution in [0.15, 0.2) is 41.0 Å². The molecule has 1 aromatic carbocycles. The van der Waals surface area contributed by atoms with Crippen LogP contribution in [-0.4, -0.2) is 28.5 Å². The van der Waals surface area contributed by atoms with Crippen LogP contribution < -0.4 is 0 Å². The van der Waals surface area contributed by atoms with Crippen molar-refractivity contribution < 1.29 is 18.7 Å². The molecule has 1 aromatic heterocycles. The van der Waals surface area contributed by atoms with E-state index in [0.29, 0.717) is 24.3 Å². The molecule has 2 heterocycles. The van der Waals surface area contributed by atoms with Crippen LogP contribution in [0.3, 0.4) is 0 Å². The van der Waals surface area contributed by atoms with E-state index in [2.05, 4.69) is 0 Å². The van der Waals surface area contributed by atoms with Crippen molar-refractivity contribution in [3.05, 3.63) is 59.3 Å². The number of likely N-dealkylation sites (tertiary alicyclic amines) is 1. The number of carbonyl (C=O) groups is 1. The van der Waals surface area contributed by atoms with E-state index in [9.17, 15) is 14.3 Å². The summed E-state index contributed by atoms with van der Waals surface area (Å²) in [6, 6.07) is 8.18. The average Bonchev–Trinajstić information content (AvgIpc) is 3.20. The summed E-state index contributed by atoms with van der Waals surface area (Å²) in [4.78, 5) is 14.3. The van der Waals surface area contributed by atoms with Gasteiger partial charge >= 0.3 is 0 Å². The van der Waals surface area contributed by atoms with Gasteiger partial charge in [-0.2, -0.15) is 0 Å². The molecule has 2 atom stereocenters. The summed E-state index contributed by atoms with van der Waals surface area (Å²) in [5.74, 6) is -0.277. The van der Waals surface area contributed by atoms with Crippen LogP contribution in [0.5, 0.6) is 0 Å². The van der Waals surface area contributed by atoms with Gasteiger partial charge in [-0.25, -0.2) is 4.39 Å². The molecule has 0 spiro atoms. The summed E-state index contributed by atoms with van der Waals surface area (Å²) >= 11 is 0. The van der Waals surface area contributed by atoms with E-state index in [-0.39, 0.29) is 17.5 Å². The molecule has 0 aliphatic carbocycles. The lowest BCUT2D eigenvalue weighted by molar-refractivity contribution is 0.0637. The van der Waals surface area contributed by atoms with E-state index < -0.39 is 11.9 Å². The minimum absolute atomic E-state index is 0.101. The average molecular weight is 317 g/mol.